The molecule has 1 amide bonds. The third-order valence-electron chi connectivity index (χ3n) is 5.73. The molecule has 5 rings (SSSR count). The van der Waals surface area contributed by atoms with Crippen LogP contribution in [0.15, 0.2) is 66.6 Å². The molecule has 0 unspecified atom stereocenters. The van der Waals surface area contributed by atoms with Crippen LogP contribution >= 0.6 is 11.6 Å². The van der Waals surface area contributed by atoms with Crippen molar-refractivity contribution in [2.24, 2.45) is 0 Å². The summed E-state index contributed by atoms with van der Waals surface area (Å²) in [5.41, 5.74) is 10.1. The first-order valence-corrected chi connectivity index (χ1v) is 10.9. The summed E-state index contributed by atoms with van der Waals surface area (Å²) in [6, 6.07) is 16.8. The number of nitrogens with zero attached hydrogens (tertiary/aromatic N) is 5. The Morgan fingerprint density at radius 1 is 1.21 bits per heavy atom. The lowest BCUT2D eigenvalue weighted by Crippen LogP contribution is -2.53. The molecule has 1 saturated heterocycles. The molecule has 9 heteroatoms. The number of hydrogen-bond donors (Lipinski definition) is 2. The number of nitrogens with two attached hydrogens (primary N) is 1. The Kier molecular flexibility index (Phi) is 5.49. The fraction of sp³-hybridized carbons (Fsp3) is 0.120. The van der Waals surface area contributed by atoms with E-state index in [0.717, 1.165) is 22.2 Å². The normalized spacial score (nSPS) is 14.1. The van der Waals surface area contributed by atoms with Crippen LogP contribution in [0.1, 0.15) is 5.56 Å². The van der Waals surface area contributed by atoms with Crippen LogP contribution in [-0.4, -0.2) is 49.6 Å². The lowest BCUT2D eigenvalue weighted by molar-refractivity contribution is -0.136. The number of rotatable bonds is 4. The van der Waals surface area contributed by atoms with E-state index in [4.69, 9.17) is 17.3 Å². The van der Waals surface area contributed by atoms with Gasteiger partial charge in [0.1, 0.15) is 23.8 Å². The standard InChI is InChI=1S/C25H19ClN6O2/c26-18-6-4-16(5-7-18)21-13-32(24-22(21)23(28)29-14-30-24)19-3-1-2-15(9-19)8-17(10-27)25(34)31-11-20(33)12-31/h1-9,13-14,20,33H,11-12H2,(H2,28,29,30). The molecule has 1 fully saturated rings. The Bertz CT molecular complexity index is 1480. The van der Waals surface area contributed by atoms with E-state index in [9.17, 15) is 15.2 Å². The minimum absolute atomic E-state index is 0.00911. The highest BCUT2D eigenvalue weighted by Gasteiger charge is 2.30. The fourth-order valence-electron chi connectivity index (χ4n) is 3.99. The summed E-state index contributed by atoms with van der Waals surface area (Å²) in [6.07, 6.45) is 4.36. The van der Waals surface area contributed by atoms with Crippen LogP contribution < -0.4 is 5.73 Å². The molecular weight excluding hydrogens is 452 g/mol. The number of carbonyl (C=O) groups is 1. The molecule has 3 N–H and O–H groups in total. The van der Waals surface area contributed by atoms with E-state index >= 15 is 0 Å². The number of anilines is 1. The van der Waals surface area contributed by atoms with E-state index in [-0.39, 0.29) is 18.7 Å². The number of benzene rings is 2. The Balaban J connectivity index is 1.58. The predicted molar refractivity (Wildman–Crippen MR) is 130 cm³/mol. The number of nitrogen functional groups attached to an aromatic ring is 1. The molecule has 0 saturated carbocycles. The zero-order valence-electron chi connectivity index (χ0n) is 17.9. The van der Waals surface area contributed by atoms with Crippen LogP contribution in [0.5, 0.6) is 0 Å². The van der Waals surface area contributed by atoms with Crippen molar-refractivity contribution in [2.45, 2.75) is 6.10 Å². The van der Waals surface area contributed by atoms with Crippen molar-refractivity contribution in [2.75, 3.05) is 18.8 Å². The van der Waals surface area contributed by atoms with Crippen LogP contribution in [0.2, 0.25) is 5.02 Å². The van der Waals surface area contributed by atoms with E-state index in [0.29, 0.717) is 22.1 Å². The molecule has 0 bridgehead atoms. The molecular formula is C25H19ClN6O2. The number of carbonyl (C=O) groups excluding carboxylic acids is 1. The number of fused-ring (bicyclic) bond motifs is 1. The van der Waals surface area contributed by atoms with Gasteiger partial charge in [-0.15, -0.1) is 0 Å². The van der Waals surface area contributed by atoms with Crippen molar-refractivity contribution in [1.82, 2.24) is 19.4 Å². The second kappa shape index (κ2) is 8.63. The highest BCUT2D eigenvalue weighted by molar-refractivity contribution is 6.30. The van der Waals surface area contributed by atoms with Crippen molar-refractivity contribution < 1.29 is 9.90 Å². The largest absolute Gasteiger partial charge is 0.389 e. The summed E-state index contributed by atoms with van der Waals surface area (Å²) in [5, 5.41) is 20.3. The number of nitriles is 1. The van der Waals surface area contributed by atoms with E-state index in [1.165, 1.54) is 11.2 Å². The van der Waals surface area contributed by atoms with Gasteiger partial charge in [0.25, 0.3) is 5.91 Å². The quantitative estimate of drug-likeness (QED) is 0.348. The number of aliphatic hydroxyl groups is 1. The van der Waals surface area contributed by atoms with Crippen LogP contribution in [0, 0.1) is 11.3 Å². The number of hydrogen-bond acceptors (Lipinski definition) is 6. The van der Waals surface area contributed by atoms with Gasteiger partial charge in [0, 0.05) is 35.6 Å². The van der Waals surface area contributed by atoms with Gasteiger partial charge in [-0.3, -0.25) is 4.79 Å². The van der Waals surface area contributed by atoms with Gasteiger partial charge < -0.3 is 20.3 Å². The summed E-state index contributed by atoms with van der Waals surface area (Å²) in [5.74, 6) is -0.0333. The first-order chi connectivity index (χ1) is 16.4. The first kappa shape index (κ1) is 21.6. The van der Waals surface area contributed by atoms with Crippen molar-refractivity contribution >= 4 is 40.4 Å². The maximum Gasteiger partial charge on any atom is 0.264 e. The maximum atomic E-state index is 12.5. The molecule has 34 heavy (non-hydrogen) atoms. The first-order valence-electron chi connectivity index (χ1n) is 10.5. The topological polar surface area (TPSA) is 121 Å². The van der Waals surface area contributed by atoms with Gasteiger partial charge in [0.2, 0.25) is 0 Å². The minimum atomic E-state index is -0.529. The van der Waals surface area contributed by atoms with Gasteiger partial charge in [0.05, 0.1) is 11.5 Å². The molecule has 1 aliphatic rings. The molecule has 0 aliphatic carbocycles. The van der Waals surface area contributed by atoms with Gasteiger partial charge in [-0.1, -0.05) is 35.9 Å². The number of aromatic nitrogens is 3. The fourth-order valence-corrected chi connectivity index (χ4v) is 4.12. The summed E-state index contributed by atoms with van der Waals surface area (Å²) >= 11 is 6.06. The predicted octanol–water partition coefficient (Wildman–Crippen LogP) is 3.43. The van der Waals surface area contributed by atoms with Gasteiger partial charge in [-0.05, 0) is 41.5 Å². The second-order valence-electron chi connectivity index (χ2n) is 8.01. The van der Waals surface area contributed by atoms with E-state index < -0.39 is 12.0 Å². The molecule has 2 aromatic carbocycles. The van der Waals surface area contributed by atoms with E-state index in [1.54, 1.807) is 6.08 Å². The molecule has 8 nitrogen and oxygen atoms in total. The average Bonchev–Trinajstić information content (AvgIpc) is 3.22. The second-order valence-corrected chi connectivity index (χ2v) is 8.44. The zero-order valence-corrected chi connectivity index (χ0v) is 18.6. The van der Waals surface area contributed by atoms with Crippen molar-refractivity contribution in [3.63, 3.8) is 0 Å². The highest BCUT2D eigenvalue weighted by Crippen LogP contribution is 2.35. The van der Waals surface area contributed by atoms with E-state index in [2.05, 4.69) is 9.97 Å². The molecule has 2 aromatic heterocycles. The summed E-state index contributed by atoms with van der Waals surface area (Å²) in [7, 11) is 0. The zero-order chi connectivity index (χ0) is 23.8. The lowest BCUT2D eigenvalue weighted by atomic mass is 10.1. The van der Waals surface area contributed by atoms with Crippen molar-refractivity contribution in [3.8, 4) is 22.9 Å². The Morgan fingerprint density at radius 2 is 1.97 bits per heavy atom. The van der Waals surface area contributed by atoms with Crippen LogP contribution in [0.25, 0.3) is 33.9 Å². The van der Waals surface area contributed by atoms with Crippen molar-refractivity contribution in [3.05, 3.63) is 77.2 Å². The third-order valence-corrected chi connectivity index (χ3v) is 5.98. The smallest absolute Gasteiger partial charge is 0.264 e. The number of β-amino-alcohol motifs (C(OH)–C–C–N with tert-alkyl or cyclic N) is 1. The monoisotopic (exact) mass is 470 g/mol. The molecule has 3 heterocycles. The van der Waals surface area contributed by atoms with Crippen LogP contribution in [0.3, 0.4) is 0 Å². The van der Waals surface area contributed by atoms with Crippen molar-refractivity contribution in [1.29, 1.82) is 5.26 Å². The van der Waals surface area contributed by atoms with Crippen LogP contribution in [0.4, 0.5) is 5.82 Å². The van der Waals surface area contributed by atoms with Gasteiger partial charge in [-0.25, -0.2) is 9.97 Å². The van der Waals surface area contributed by atoms with Gasteiger partial charge in [0.15, 0.2) is 5.65 Å². The van der Waals surface area contributed by atoms with Gasteiger partial charge >= 0.3 is 0 Å². The molecule has 0 atom stereocenters. The molecule has 0 spiro atoms. The summed E-state index contributed by atoms with van der Waals surface area (Å²) < 4.78 is 1.90. The number of amides is 1. The Labute approximate surface area is 200 Å². The van der Waals surface area contributed by atoms with E-state index in [1.807, 2.05) is 65.4 Å². The minimum Gasteiger partial charge on any atom is -0.389 e. The number of halogens is 1. The number of aliphatic hydroxyl groups excluding tert-OH is 1. The SMILES string of the molecule is N#CC(=Cc1cccc(-n2cc(-c3ccc(Cl)cc3)c3c(N)ncnc32)c1)C(=O)N1CC(O)C1. The maximum absolute atomic E-state index is 12.5. The summed E-state index contributed by atoms with van der Waals surface area (Å²) in [4.78, 5) is 22.6. The lowest BCUT2D eigenvalue weighted by Gasteiger charge is -2.35. The molecule has 1 aliphatic heterocycles. The van der Waals surface area contributed by atoms with Gasteiger partial charge in [-0.2, -0.15) is 5.26 Å². The third kappa shape index (κ3) is 3.88. The molecule has 4 aromatic rings. The summed E-state index contributed by atoms with van der Waals surface area (Å²) in [6.45, 7) is 0.476. The molecule has 168 valence electrons. The Hall–Kier alpha value is -4.19. The molecule has 0 radical (unpaired) electrons. The Morgan fingerprint density at radius 3 is 2.68 bits per heavy atom. The van der Waals surface area contributed by atoms with Crippen LogP contribution in [-0.2, 0) is 4.79 Å². The average molecular weight is 471 g/mol. The highest BCUT2D eigenvalue weighted by atomic mass is 35.5. The number of likely N-dealkylation sites (tertiary alicyclic amines) is 1.